The van der Waals surface area contributed by atoms with Crippen molar-refractivity contribution in [2.24, 2.45) is 79.8 Å². The van der Waals surface area contributed by atoms with Gasteiger partial charge in [0.05, 0.1) is 42.0 Å². The van der Waals surface area contributed by atoms with Gasteiger partial charge < -0.3 is 65.8 Å². The van der Waals surface area contributed by atoms with Crippen LogP contribution < -0.4 is 15.4 Å². The molecule has 20 atom stereocenters. The van der Waals surface area contributed by atoms with E-state index in [1.807, 2.05) is 36.4 Å². The van der Waals surface area contributed by atoms with Crippen LogP contribution in [0.2, 0.25) is 0 Å². The molecule has 13 aliphatic carbocycles. The second-order valence-electron chi connectivity index (χ2n) is 34.3. The van der Waals surface area contributed by atoms with E-state index in [1.165, 1.54) is 71.1 Å². The van der Waals surface area contributed by atoms with E-state index in [1.54, 1.807) is 30.3 Å². The van der Waals surface area contributed by atoms with Crippen LogP contribution in [0.5, 0.6) is 11.5 Å². The Morgan fingerprint density at radius 3 is 2.37 bits per heavy atom. The first-order valence-corrected chi connectivity index (χ1v) is 39.4. The molecule has 15 nitrogen and oxygen atoms in total. The Kier molecular flexibility index (Phi) is 15.1. The van der Waals surface area contributed by atoms with Crippen LogP contribution in [-0.4, -0.2) is 118 Å². The molecule has 3 heterocycles. The van der Waals surface area contributed by atoms with Gasteiger partial charge >= 0.3 is 0 Å². The van der Waals surface area contributed by atoms with Gasteiger partial charge in [0, 0.05) is 34.6 Å². The average molecular weight is 1360 g/mol. The fourth-order valence-electron chi connectivity index (χ4n) is 26.8. The number of ether oxygens (including phenoxy) is 2. The number of dihydropyridines is 1. The van der Waals surface area contributed by atoms with Crippen molar-refractivity contribution in [3.63, 3.8) is 0 Å². The molecular formula is C80H96N2O13S2. The molecule has 10 fully saturated rings. The Morgan fingerprint density at radius 2 is 1.55 bits per heavy atom. The van der Waals surface area contributed by atoms with E-state index in [9.17, 15) is 45.6 Å². The number of aldehydes is 1. The lowest BCUT2D eigenvalue weighted by Gasteiger charge is -2.65. The SMILES string of the molecule is O=C[C@@H]1C[C@@]2(CC[C@@]3(C[C@H](Cc4cccc(O)c4)CC34CCCC4)C2)C[C@]12C[C@H]1C[C@H]3C[C@@H]4C[C@]5(CO)O[C@H]6Oc7cccc8c7C(=O)[C@@]79C(O)=CC(Cc%10cccc(CO)c%10)=C(CC[C@H]%10CCCC[C@@]%10(O)CC[C@@H]7SSCNC7=CC(=C3CN7)[C@@]1(C2)[C@H]4[C@](O)([C@@H]5O)[C@H]6O)[C@@H]9C8=O. The van der Waals surface area contributed by atoms with Crippen LogP contribution in [0.3, 0.4) is 0 Å². The summed E-state index contributed by atoms with van der Waals surface area (Å²) in [6.07, 6.45) is 21.2. The number of phenols is 1. The molecule has 17 heteroatoms. The number of allylic oxidation sites excluding steroid dienone is 6. The van der Waals surface area contributed by atoms with Crippen molar-refractivity contribution in [1.82, 2.24) is 10.6 Å². The number of aromatic hydroxyl groups is 1. The monoisotopic (exact) mass is 1360 g/mol. The van der Waals surface area contributed by atoms with Crippen molar-refractivity contribution in [2.75, 3.05) is 19.0 Å². The Morgan fingerprint density at radius 1 is 0.742 bits per heavy atom. The van der Waals surface area contributed by atoms with E-state index in [0.29, 0.717) is 69.0 Å². The minimum atomic E-state index is -2.39. The first-order chi connectivity index (χ1) is 46.8. The van der Waals surface area contributed by atoms with Crippen LogP contribution in [0.25, 0.3) is 0 Å². The van der Waals surface area contributed by atoms with Crippen molar-refractivity contribution in [1.29, 1.82) is 0 Å². The second-order valence-corrected chi connectivity index (χ2v) is 36.8. The maximum absolute atomic E-state index is 17.0. The van der Waals surface area contributed by atoms with Gasteiger partial charge in [-0.1, -0.05) is 101 Å². The van der Waals surface area contributed by atoms with Crippen molar-refractivity contribution in [2.45, 2.75) is 214 Å². The number of rotatable bonds is 7. The molecule has 0 amide bonds. The predicted octanol–water partition coefficient (Wildman–Crippen LogP) is 11.7. The van der Waals surface area contributed by atoms with E-state index < -0.39 is 81.0 Å². The van der Waals surface area contributed by atoms with Gasteiger partial charge in [-0.25, -0.2) is 0 Å². The van der Waals surface area contributed by atoms with Crippen molar-refractivity contribution in [3.8, 4) is 11.5 Å². The molecule has 0 radical (unpaired) electrons. The number of aliphatic hydroxyl groups excluding tert-OH is 5. The molecule has 3 aromatic rings. The van der Waals surface area contributed by atoms with E-state index in [2.05, 4.69) is 22.8 Å². The minimum Gasteiger partial charge on any atom is -0.511 e. The summed E-state index contributed by atoms with van der Waals surface area (Å²) in [6, 6.07) is 20.3. The number of hydrogen-bond donors (Lipinski definition) is 10. The largest absolute Gasteiger partial charge is 0.511 e. The molecule has 3 aliphatic heterocycles. The van der Waals surface area contributed by atoms with Gasteiger partial charge in [0.15, 0.2) is 11.6 Å². The molecule has 10 N–H and O–H groups in total. The van der Waals surface area contributed by atoms with Gasteiger partial charge in [-0.15, -0.1) is 0 Å². The number of carbonyl (C=O) groups excluding carboxylic acids is 3. The highest BCUT2D eigenvalue weighted by atomic mass is 33.1. The smallest absolute Gasteiger partial charge is 0.229 e. The highest BCUT2D eigenvalue weighted by molar-refractivity contribution is 8.76. The molecule has 6 spiro atoms. The maximum Gasteiger partial charge on any atom is 0.229 e. The van der Waals surface area contributed by atoms with Gasteiger partial charge in [0.2, 0.25) is 6.29 Å². The molecule has 11 bridgehead atoms. The lowest BCUT2D eigenvalue weighted by Crippen LogP contribution is -2.81. The fraction of sp³-hybridized carbons (Fsp3) is 0.637. The molecule has 19 rings (SSSR count). The van der Waals surface area contributed by atoms with Crippen LogP contribution in [0.15, 0.2) is 113 Å². The topological polar surface area (TPSA) is 256 Å². The summed E-state index contributed by atoms with van der Waals surface area (Å²) < 4.78 is 14.0. The molecule has 0 unspecified atom stereocenters. The van der Waals surface area contributed by atoms with Crippen LogP contribution >= 0.6 is 21.6 Å². The van der Waals surface area contributed by atoms with Gasteiger partial charge in [-0.05, 0) is 256 Å². The standard InChI is InChI=1S/C80H96N2O13S2/c83-38-47-10-5-8-45(24-47)26-49-30-61(87)79-62-17-21-76(92)20-2-1-11-52(76)15-16-56(49)65(79)66(88)57-13-7-14-60(64(57)68(79)89)94-70-69(90)80(93)67-51(34-77(43-85,95-70)71(80)91)28-50-29-53-36-73(42-78(53,67)59-31-63(81-37-58(50)59)82-44-96-97-62)40-72(35-54(73)39-84)22-23-75(41-72)33-48(32-74(75)18-3-4-19-74)25-46-9-6-12-55(86)27-46/h5-10,12-14,24,27,30-31,39,48,50-54,62,65,67,69-71,81-83,85-87,90-93H,1-4,11,15-23,25-26,28-29,32-38,40-44H2/t48-,50-,51-,52-,53-,54+,62+,65-,67+,69+,70-,71-,72+,73+,75-,76-,77-,78+,79+,80-/m1/s1. The first kappa shape index (κ1) is 64.2. The average Bonchev–Trinajstić information content (AvgIpc) is 1.55. The number of ketones is 2. The Labute approximate surface area is 576 Å². The Hall–Kier alpha value is -4.95. The molecule has 97 heavy (non-hydrogen) atoms. The summed E-state index contributed by atoms with van der Waals surface area (Å²) in [5.74, 6) is -1.93. The van der Waals surface area contributed by atoms with Crippen molar-refractivity contribution >= 4 is 39.4 Å². The Bertz CT molecular complexity index is 3920. The highest BCUT2D eigenvalue weighted by Gasteiger charge is 2.80. The van der Waals surface area contributed by atoms with E-state index in [0.717, 1.165) is 111 Å². The van der Waals surface area contributed by atoms with Crippen molar-refractivity contribution in [3.05, 3.63) is 141 Å². The Balaban J connectivity index is 0.760. The molecular weight excluding hydrogens is 1260 g/mol. The third-order valence-corrected chi connectivity index (χ3v) is 32.8. The summed E-state index contributed by atoms with van der Waals surface area (Å²) >= 11 is 0. The zero-order chi connectivity index (χ0) is 66.4. The van der Waals surface area contributed by atoms with Crippen molar-refractivity contribution < 1.29 is 64.7 Å². The fourth-order valence-corrected chi connectivity index (χ4v) is 29.6. The number of hydrogen-bond acceptors (Lipinski definition) is 17. The van der Waals surface area contributed by atoms with E-state index in [4.69, 9.17) is 9.47 Å². The quantitative estimate of drug-likeness (QED) is 0.0779. The molecule has 9 saturated carbocycles. The van der Waals surface area contributed by atoms with E-state index in [-0.39, 0.29) is 93.7 Å². The number of aliphatic hydroxyl groups is 7. The number of benzene rings is 3. The van der Waals surface area contributed by atoms with Gasteiger partial charge in [0.25, 0.3) is 0 Å². The third-order valence-electron chi connectivity index (χ3n) is 30.1. The zero-order valence-electron chi connectivity index (χ0n) is 55.7. The first-order valence-electron chi connectivity index (χ1n) is 37.1. The lowest BCUT2D eigenvalue weighted by atomic mass is 9.46. The summed E-state index contributed by atoms with van der Waals surface area (Å²) in [5.41, 5.74) is -1.54. The van der Waals surface area contributed by atoms with Gasteiger partial charge in [-0.3, -0.25) is 9.59 Å². The molecule has 0 aromatic heterocycles. The normalized spacial score (nSPS) is 44.2. The van der Waals surface area contributed by atoms with E-state index >= 15 is 9.59 Å². The second kappa shape index (κ2) is 22.8. The maximum atomic E-state index is 17.0. The number of Topliss-reactive ketones (excluding diaryl/α,β-unsaturated/α-hetero) is 2. The van der Waals surface area contributed by atoms with Crippen LogP contribution in [0.1, 0.15) is 192 Å². The summed E-state index contributed by atoms with van der Waals surface area (Å²) in [5, 5.41) is 108. The molecule has 16 aliphatic rings. The molecule has 1 saturated heterocycles. The summed E-state index contributed by atoms with van der Waals surface area (Å²) in [7, 11) is 2.98. The zero-order valence-corrected chi connectivity index (χ0v) is 57.3. The lowest BCUT2D eigenvalue weighted by molar-refractivity contribution is -0.392. The third kappa shape index (κ3) is 9.08. The molecule has 516 valence electrons. The van der Waals surface area contributed by atoms with Crippen LogP contribution in [0, 0.1) is 79.8 Å². The van der Waals surface area contributed by atoms with Gasteiger partial charge in [-0.2, -0.15) is 0 Å². The minimum absolute atomic E-state index is 0.0431. The number of phenolic OH excluding ortho intramolecular Hbond substituents is 1. The van der Waals surface area contributed by atoms with Crippen LogP contribution in [0.4, 0.5) is 0 Å². The molecule has 3 aromatic carbocycles. The number of nitrogens with one attached hydrogen (secondary N) is 2. The highest BCUT2D eigenvalue weighted by Crippen LogP contribution is 2.82. The van der Waals surface area contributed by atoms with Gasteiger partial charge in [0.1, 0.15) is 52.4 Å². The summed E-state index contributed by atoms with van der Waals surface area (Å²) in [6.45, 7) is -0.358. The predicted molar refractivity (Wildman–Crippen MR) is 367 cm³/mol. The number of fused-ring (bicyclic) bond motifs is 4. The summed E-state index contributed by atoms with van der Waals surface area (Å²) in [4.78, 5) is 47.8. The number of carbonyl (C=O) groups is 3. The van der Waals surface area contributed by atoms with Crippen LogP contribution in [-0.2, 0) is 29.0 Å².